The Hall–Kier alpha value is -1.50. The van der Waals surface area contributed by atoms with Gasteiger partial charge in [-0.25, -0.2) is 0 Å². The molecule has 0 aliphatic rings. The zero-order valence-electron chi connectivity index (χ0n) is 15.1. The summed E-state index contributed by atoms with van der Waals surface area (Å²) in [5, 5.41) is 3.52. The molecule has 1 rings (SSSR count). The van der Waals surface area contributed by atoms with Gasteiger partial charge in [-0.1, -0.05) is 64.1 Å². The van der Waals surface area contributed by atoms with Crippen molar-refractivity contribution in [2.75, 3.05) is 6.54 Å². The highest BCUT2D eigenvalue weighted by atomic mass is 14.9. The molecule has 0 heterocycles. The van der Waals surface area contributed by atoms with Crippen molar-refractivity contribution in [1.29, 1.82) is 0 Å². The van der Waals surface area contributed by atoms with Crippen molar-refractivity contribution in [3.8, 4) is 0 Å². The zero-order chi connectivity index (χ0) is 16.5. The van der Waals surface area contributed by atoms with Crippen LogP contribution < -0.4 is 5.32 Å². The summed E-state index contributed by atoms with van der Waals surface area (Å²) in [4.78, 5) is 0. The molecule has 0 fully saturated rings. The fourth-order valence-electron chi connectivity index (χ4n) is 2.92. The molecule has 2 atom stereocenters. The minimum absolute atomic E-state index is 0.488. The second-order valence-electron chi connectivity index (χ2n) is 6.28. The van der Waals surface area contributed by atoms with Crippen LogP contribution in [0.3, 0.4) is 0 Å². The highest BCUT2D eigenvalue weighted by Gasteiger charge is 2.21. The summed E-state index contributed by atoms with van der Waals surface area (Å²) < 4.78 is 0. The van der Waals surface area contributed by atoms with Gasteiger partial charge in [-0.2, -0.15) is 0 Å². The largest absolute Gasteiger partial charge is 0.389 e. The van der Waals surface area contributed by atoms with Gasteiger partial charge >= 0.3 is 0 Å². The maximum Gasteiger partial charge on any atom is 0.0141 e. The van der Waals surface area contributed by atoms with Gasteiger partial charge in [0, 0.05) is 18.2 Å². The van der Waals surface area contributed by atoms with Gasteiger partial charge < -0.3 is 5.32 Å². The van der Waals surface area contributed by atoms with Crippen molar-refractivity contribution in [2.45, 2.75) is 53.9 Å². The van der Waals surface area contributed by atoms with Gasteiger partial charge in [-0.05, 0) is 49.3 Å². The standard InChI is InChI=1S/C21H33N/c1-7-14-22-18(6)21(16(4)8-2)15-19(9-3)20-13-11-10-12-17(20)5/h9-13,16,21-22H,6-8,14-15H2,1-5H3/b19-9-. The van der Waals surface area contributed by atoms with Crippen molar-refractivity contribution < 1.29 is 0 Å². The summed E-state index contributed by atoms with van der Waals surface area (Å²) >= 11 is 0. The molecule has 0 spiro atoms. The Labute approximate surface area is 137 Å². The molecular formula is C21H33N. The molecule has 2 unspecified atom stereocenters. The van der Waals surface area contributed by atoms with E-state index < -0.39 is 0 Å². The van der Waals surface area contributed by atoms with E-state index in [4.69, 9.17) is 0 Å². The predicted octanol–water partition coefficient (Wildman–Crippen LogP) is 5.96. The van der Waals surface area contributed by atoms with E-state index in [-0.39, 0.29) is 0 Å². The first-order valence-corrected chi connectivity index (χ1v) is 8.68. The number of nitrogens with one attached hydrogen (secondary N) is 1. The number of rotatable bonds is 9. The zero-order valence-corrected chi connectivity index (χ0v) is 15.1. The highest BCUT2D eigenvalue weighted by Crippen LogP contribution is 2.33. The van der Waals surface area contributed by atoms with Crippen LogP contribution in [-0.2, 0) is 0 Å². The smallest absolute Gasteiger partial charge is 0.0141 e. The third-order valence-electron chi connectivity index (χ3n) is 4.66. The number of hydrogen-bond donors (Lipinski definition) is 1. The van der Waals surface area contributed by atoms with Crippen molar-refractivity contribution in [3.63, 3.8) is 0 Å². The summed E-state index contributed by atoms with van der Waals surface area (Å²) in [6.07, 6.45) is 5.65. The molecular weight excluding hydrogens is 266 g/mol. The lowest BCUT2D eigenvalue weighted by Crippen LogP contribution is -2.25. The molecule has 1 aromatic carbocycles. The summed E-state index contributed by atoms with van der Waals surface area (Å²) in [6, 6.07) is 8.68. The lowest BCUT2D eigenvalue weighted by Gasteiger charge is -2.28. The van der Waals surface area contributed by atoms with E-state index in [2.05, 4.69) is 76.9 Å². The number of allylic oxidation sites excluding steroid dienone is 3. The fourth-order valence-corrected chi connectivity index (χ4v) is 2.92. The molecule has 0 aromatic heterocycles. The molecule has 0 aliphatic heterocycles. The molecule has 0 amide bonds. The molecule has 122 valence electrons. The Morgan fingerprint density at radius 2 is 1.95 bits per heavy atom. The van der Waals surface area contributed by atoms with E-state index in [0.717, 1.165) is 19.4 Å². The van der Waals surface area contributed by atoms with Gasteiger partial charge in [-0.3, -0.25) is 0 Å². The maximum absolute atomic E-state index is 4.33. The number of aryl methyl sites for hydroxylation is 1. The SMILES string of the molecule is C=C(NCCC)C(C/C(=C/C)c1ccccc1C)C(C)CC. The van der Waals surface area contributed by atoms with Crippen LogP contribution >= 0.6 is 0 Å². The van der Waals surface area contributed by atoms with E-state index in [1.165, 1.54) is 28.8 Å². The number of benzene rings is 1. The molecule has 0 saturated carbocycles. The topological polar surface area (TPSA) is 12.0 Å². The lowest BCUT2D eigenvalue weighted by molar-refractivity contribution is 0.386. The molecule has 1 nitrogen and oxygen atoms in total. The normalized spacial score (nSPS) is 14.5. The van der Waals surface area contributed by atoms with Crippen LogP contribution in [0.15, 0.2) is 42.6 Å². The third kappa shape index (κ3) is 5.05. The van der Waals surface area contributed by atoms with Crippen LogP contribution in [0.4, 0.5) is 0 Å². The molecule has 0 radical (unpaired) electrons. The van der Waals surface area contributed by atoms with Crippen LogP contribution in [0.25, 0.3) is 5.57 Å². The molecule has 1 heteroatoms. The number of hydrogen-bond acceptors (Lipinski definition) is 1. The quantitative estimate of drug-likeness (QED) is 0.593. The Morgan fingerprint density at radius 1 is 1.27 bits per heavy atom. The van der Waals surface area contributed by atoms with E-state index in [9.17, 15) is 0 Å². The van der Waals surface area contributed by atoms with Crippen molar-refractivity contribution >= 4 is 5.57 Å². The molecule has 0 aliphatic carbocycles. The monoisotopic (exact) mass is 299 g/mol. The molecule has 0 saturated heterocycles. The Kier molecular flexibility index (Phi) is 8.01. The minimum atomic E-state index is 0.488. The first kappa shape index (κ1) is 18.5. The Balaban J connectivity index is 2.96. The predicted molar refractivity (Wildman–Crippen MR) is 99.8 cm³/mol. The van der Waals surface area contributed by atoms with Gasteiger partial charge in [0.1, 0.15) is 0 Å². The Bertz CT molecular complexity index is 498. The Morgan fingerprint density at radius 3 is 2.50 bits per heavy atom. The van der Waals surface area contributed by atoms with Gasteiger partial charge in [-0.15, -0.1) is 0 Å². The van der Waals surface area contributed by atoms with Crippen LogP contribution in [0, 0.1) is 18.8 Å². The van der Waals surface area contributed by atoms with Crippen molar-refractivity contribution in [2.24, 2.45) is 11.8 Å². The van der Waals surface area contributed by atoms with Gasteiger partial charge in [0.15, 0.2) is 0 Å². The molecule has 0 bridgehead atoms. The fraction of sp³-hybridized carbons (Fsp3) is 0.524. The summed E-state index contributed by atoms with van der Waals surface area (Å²) in [5.74, 6) is 1.12. The summed E-state index contributed by atoms with van der Waals surface area (Å²) in [7, 11) is 0. The second-order valence-corrected chi connectivity index (χ2v) is 6.28. The second kappa shape index (κ2) is 9.50. The summed E-state index contributed by atoms with van der Waals surface area (Å²) in [5.41, 5.74) is 5.36. The average molecular weight is 300 g/mol. The molecule has 1 aromatic rings. The van der Waals surface area contributed by atoms with E-state index >= 15 is 0 Å². The van der Waals surface area contributed by atoms with Crippen LogP contribution in [0.5, 0.6) is 0 Å². The van der Waals surface area contributed by atoms with Gasteiger partial charge in [0.05, 0.1) is 0 Å². The average Bonchev–Trinajstić information content (AvgIpc) is 2.54. The van der Waals surface area contributed by atoms with Crippen LogP contribution in [-0.4, -0.2) is 6.54 Å². The first-order chi connectivity index (χ1) is 10.5. The maximum atomic E-state index is 4.33. The van der Waals surface area contributed by atoms with E-state index in [0.29, 0.717) is 11.8 Å². The van der Waals surface area contributed by atoms with Gasteiger partial charge in [0.2, 0.25) is 0 Å². The highest BCUT2D eigenvalue weighted by molar-refractivity contribution is 5.68. The van der Waals surface area contributed by atoms with E-state index in [1.54, 1.807) is 0 Å². The van der Waals surface area contributed by atoms with Crippen molar-refractivity contribution in [1.82, 2.24) is 5.32 Å². The van der Waals surface area contributed by atoms with Crippen molar-refractivity contribution in [3.05, 3.63) is 53.7 Å². The lowest BCUT2D eigenvalue weighted by atomic mass is 9.81. The van der Waals surface area contributed by atoms with Crippen LogP contribution in [0.2, 0.25) is 0 Å². The van der Waals surface area contributed by atoms with Gasteiger partial charge in [0.25, 0.3) is 0 Å². The minimum Gasteiger partial charge on any atom is -0.389 e. The van der Waals surface area contributed by atoms with E-state index in [1.807, 2.05) is 0 Å². The first-order valence-electron chi connectivity index (χ1n) is 8.68. The summed E-state index contributed by atoms with van der Waals surface area (Å²) in [6.45, 7) is 16.5. The molecule has 1 N–H and O–H groups in total. The molecule has 22 heavy (non-hydrogen) atoms. The van der Waals surface area contributed by atoms with Crippen LogP contribution in [0.1, 0.15) is 58.1 Å². The third-order valence-corrected chi connectivity index (χ3v) is 4.66.